The van der Waals surface area contributed by atoms with E-state index in [1.54, 1.807) is 0 Å². The van der Waals surface area contributed by atoms with E-state index in [-0.39, 0.29) is 0 Å². The van der Waals surface area contributed by atoms with Gasteiger partial charge in [0, 0.05) is 17.1 Å². The van der Waals surface area contributed by atoms with Crippen LogP contribution in [0.1, 0.15) is 11.1 Å². The monoisotopic (exact) mass is 281 g/mol. The summed E-state index contributed by atoms with van der Waals surface area (Å²) in [6, 6.07) is 15.4. The first kappa shape index (κ1) is 13.2. The summed E-state index contributed by atoms with van der Waals surface area (Å²) in [7, 11) is 0. The smallest absolute Gasteiger partial charge is 0.124 e. The lowest BCUT2D eigenvalue weighted by Crippen LogP contribution is -2.03. The van der Waals surface area contributed by atoms with Gasteiger partial charge in [-0.3, -0.25) is 0 Å². The molecule has 2 nitrogen and oxygen atoms in total. The SMILES string of the molecule is ClNCc1ccccc1OCc1cccc(Cl)c1. The van der Waals surface area contributed by atoms with Gasteiger partial charge in [0.2, 0.25) is 0 Å². The van der Waals surface area contributed by atoms with Crippen molar-refractivity contribution in [3.05, 3.63) is 64.7 Å². The van der Waals surface area contributed by atoms with E-state index in [1.807, 2.05) is 48.5 Å². The highest BCUT2D eigenvalue weighted by atomic mass is 35.5. The Kier molecular flexibility index (Phi) is 4.88. The van der Waals surface area contributed by atoms with Gasteiger partial charge in [-0.15, -0.1) is 0 Å². The summed E-state index contributed by atoms with van der Waals surface area (Å²) in [5, 5.41) is 0.715. The Morgan fingerprint density at radius 1 is 1.06 bits per heavy atom. The molecule has 0 atom stereocenters. The lowest BCUT2D eigenvalue weighted by atomic mass is 10.2. The quantitative estimate of drug-likeness (QED) is 0.831. The average molecular weight is 282 g/mol. The van der Waals surface area contributed by atoms with Crippen molar-refractivity contribution in [2.75, 3.05) is 0 Å². The van der Waals surface area contributed by atoms with Crippen LogP contribution in [0.15, 0.2) is 48.5 Å². The van der Waals surface area contributed by atoms with Gasteiger partial charge in [0.15, 0.2) is 0 Å². The third-order valence-electron chi connectivity index (χ3n) is 2.51. The van der Waals surface area contributed by atoms with Crippen LogP contribution >= 0.6 is 23.4 Å². The second kappa shape index (κ2) is 6.64. The number of hydrogen-bond acceptors (Lipinski definition) is 2. The zero-order valence-corrected chi connectivity index (χ0v) is 11.2. The van der Waals surface area contributed by atoms with Crippen LogP contribution in [0.2, 0.25) is 5.02 Å². The van der Waals surface area contributed by atoms with Crippen molar-refractivity contribution in [3.63, 3.8) is 0 Å². The van der Waals surface area contributed by atoms with Crippen molar-refractivity contribution in [2.45, 2.75) is 13.2 Å². The van der Waals surface area contributed by atoms with Crippen molar-refractivity contribution in [1.29, 1.82) is 0 Å². The first-order valence-electron chi connectivity index (χ1n) is 5.58. The highest BCUT2D eigenvalue weighted by molar-refractivity contribution is 6.30. The van der Waals surface area contributed by atoms with Crippen molar-refractivity contribution in [3.8, 4) is 5.75 Å². The van der Waals surface area contributed by atoms with E-state index >= 15 is 0 Å². The van der Waals surface area contributed by atoms with Gasteiger partial charge in [-0.2, -0.15) is 0 Å². The number of hydrogen-bond donors (Lipinski definition) is 1. The molecule has 4 heteroatoms. The Bertz CT molecular complexity index is 517. The normalized spacial score (nSPS) is 10.3. The zero-order valence-electron chi connectivity index (χ0n) is 9.70. The Morgan fingerprint density at radius 2 is 1.89 bits per heavy atom. The second-order valence-electron chi connectivity index (χ2n) is 3.84. The van der Waals surface area contributed by atoms with Crippen molar-refractivity contribution in [1.82, 2.24) is 4.84 Å². The molecule has 2 aromatic rings. The molecule has 2 aromatic carbocycles. The predicted molar refractivity (Wildman–Crippen MR) is 74.9 cm³/mol. The molecule has 18 heavy (non-hydrogen) atoms. The number of benzene rings is 2. The summed E-state index contributed by atoms with van der Waals surface area (Å²) in [6.45, 7) is 1.05. The molecule has 0 spiro atoms. The minimum Gasteiger partial charge on any atom is -0.489 e. The fourth-order valence-electron chi connectivity index (χ4n) is 1.65. The van der Waals surface area contributed by atoms with Gasteiger partial charge in [-0.1, -0.05) is 41.9 Å². The second-order valence-corrected chi connectivity index (χ2v) is 4.54. The molecule has 0 saturated heterocycles. The van der Waals surface area contributed by atoms with Crippen LogP contribution in [-0.2, 0) is 13.2 Å². The van der Waals surface area contributed by atoms with Gasteiger partial charge < -0.3 is 4.74 Å². The Morgan fingerprint density at radius 3 is 2.67 bits per heavy atom. The molecular formula is C14H13Cl2NO. The van der Waals surface area contributed by atoms with E-state index in [2.05, 4.69) is 4.84 Å². The maximum Gasteiger partial charge on any atom is 0.124 e. The summed E-state index contributed by atoms with van der Waals surface area (Å²) in [6.07, 6.45) is 0. The van der Waals surface area contributed by atoms with E-state index in [0.29, 0.717) is 18.2 Å². The van der Waals surface area contributed by atoms with E-state index in [4.69, 9.17) is 28.1 Å². The van der Waals surface area contributed by atoms with E-state index in [0.717, 1.165) is 16.9 Å². The Balaban J connectivity index is 2.06. The van der Waals surface area contributed by atoms with Gasteiger partial charge in [-0.25, -0.2) is 4.84 Å². The highest BCUT2D eigenvalue weighted by Gasteiger charge is 2.02. The minimum absolute atomic E-state index is 0.486. The molecule has 0 aliphatic rings. The lowest BCUT2D eigenvalue weighted by Gasteiger charge is -2.10. The molecule has 0 radical (unpaired) electrons. The standard InChI is InChI=1S/C14H13Cl2NO/c15-13-6-3-4-11(8-13)10-18-14-7-2-1-5-12(14)9-17-16/h1-8,17H,9-10H2. The van der Waals surface area contributed by atoms with Crippen LogP contribution in [0.5, 0.6) is 5.75 Å². The fourth-order valence-corrected chi connectivity index (χ4v) is 2.01. The van der Waals surface area contributed by atoms with Gasteiger partial charge in [0.05, 0.1) is 0 Å². The van der Waals surface area contributed by atoms with E-state index in [1.165, 1.54) is 0 Å². The molecule has 1 N–H and O–H groups in total. The van der Waals surface area contributed by atoms with Gasteiger partial charge in [-0.05, 0) is 35.5 Å². The topological polar surface area (TPSA) is 21.3 Å². The fraction of sp³-hybridized carbons (Fsp3) is 0.143. The van der Waals surface area contributed by atoms with Gasteiger partial charge >= 0.3 is 0 Å². The maximum atomic E-state index is 5.92. The number of para-hydroxylation sites is 1. The number of rotatable bonds is 5. The molecule has 0 aliphatic heterocycles. The molecule has 0 heterocycles. The van der Waals surface area contributed by atoms with E-state index in [9.17, 15) is 0 Å². The molecule has 0 saturated carbocycles. The molecular weight excluding hydrogens is 269 g/mol. The highest BCUT2D eigenvalue weighted by Crippen LogP contribution is 2.20. The Hall–Kier alpha value is -1.22. The molecule has 0 aromatic heterocycles. The molecule has 2 rings (SSSR count). The van der Waals surface area contributed by atoms with Crippen molar-refractivity contribution in [2.24, 2.45) is 0 Å². The van der Waals surface area contributed by atoms with E-state index < -0.39 is 0 Å². The van der Waals surface area contributed by atoms with Crippen LogP contribution in [0.3, 0.4) is 0 Å². The van der Waals surface area contributed by atoms with Crippen LogP contribution in [0, 0.1) is 0 Å². The first-order chi connectivity index (χ1) is 8.79. The molecule has 94 valence electrons. The van der Waals surface area contributed by atoms with Crippen molar-refractivity contribution < 1.29 is 4.74 Å². The number of halogens is 2. The largest absolute Gasteiger partial charge is 0.489 e. The minimum atomic E-state index is 0.486. The van der Waals surface area contributed by atoms with Crippen LogP contribution in [0.25, 0.3) is 0 Å². The summed E-state index contributed by atoms with van der Waals surface area (Å²) in [5.41, 5.74) is 2.06. The number of nitrogens with one attached hydrogen (secondary N) is 1. The van der Waals surface area contributed by atoms with Crippen molar-refractivity contribution >= 4 is 23.4 Å². The number of ether oxygens (including phenoxy) is 1. The Labute approximate surface area is 117 Å². The first-order valence-corrected chi connectivity index (χ1v) is 6.34. The third kappa shape index (κ3) is 3.64. The lowest BCUT2D eigenvalue weighted by molar-refractivity contribution is 0.303. The zero-order chi connectivity index (χ0) is 12.8. The van der Waals surface area contributed by atoms with Crippen LogP contribution < -0.4 is 9.57 Å². The molecule has 0 fully saturated rings. The molecule has 0 bridgehead atoms. The van der Waals surface area contributed by atoms with Crippen LogP contribution in [0.4, 0.5) is 0 Å². The summed E-state index contributed by atoms with van der Waals surface area (Å²) in [5.74, 6) is 0.825. The predicted octanol–water partition coefficient (Wildman–Crippen LogP) is 4.16. The molecule has 0 aliphatic carbocycles. The van der Waals surface area contributed by atoms with Gasteiger partial charge in [0.1, 0.15) is 12.4 Å². The maximum absolute atomic E-state index is 5.92. The average Bonchev–Trinajstić information content (AvgIpc) is 2.38. The van der Waals surface area contributed by atoms with Gasteiger partial charge in [0.25, 0.3) is 0 Å². The summed E-state index contributed by atoms with van der Waals surface area (Å²) >= 11 is 11.4. The third-order valence-corrected chi connectivity index (χ3v) is 2.88. The van der Waals surface area contributed by atoms with Crippen LogP contribution in [-0.4, -0.2) is 0 Å². The molecule has 0 unspecified atom stereocenters. The molecule has 0 amide bonds. The summed E-state index contributed by atoms with van der Waals surface area (Å²) in [4.78, 5) is 2.60. The summed E-state index contributed by atoms with van der Waals surface area (Å²) < 4.78 is 5.77.